The molecule has 4 rings (SSSR count). The molecule has 0 aliphatic rings. The van der Waals surface area contributed by atoms with Crippen molar-refractivity contribution in [3.63, 3.8) is 0 Å². The number of halogens is 1. The third-order valence-electron chi connectivity index (χ3n) is 3.66. The van der Waals surface area contributed by atoms with Gasteiger partial charge < -0.3 is 5.11 Å². The van der Waals surface area contributed by atoms with E-state index in [1.807, 2.05) is 60.7 Å². The number of fused-ring (bicyclic) bond motifs is 1. The predicted molar refractivity (Wildman–Crippen MR) is 93.7 cm³/mol. The highest BCUT2D eigenvalue weighted by atomic mass is 79.9. The number of phenolic OH excluding ortho intramolecular Hbond substituents is 1. The minimum Gasteiger partial charge on any atom is -0.507 e. The van der Waals surface area contributed by atoms with Crippen LogP contribution in [0.3, 0.4) is 0 Å². The summed E-state index contributed by atoms with van der Waals surface area (Å²) in [4.78, 5) is 1.62. The highest BCUT2D eigenvalue weighted by molar-refractivity contribution is 9.10. The SMILES string of the molecule is Oc1ccccc1-c1ccc(-n2nc3ccc(Br)cc3n2)cc1. The van der Waals surface area contributed by atoms with Crippen molar-refractivity contribution < 1.29 is 5.11 Å². The molecular weight excluding hydrogens is 354 g/mol. The van der Waals surface area contributed by atoms with E-state index in [-0.39, 0.29) is 5.75 Å². The molecule has 0 atom stereocenters. The monoisotopic (exact) mass is 365 g/mol. The van der Waals surface area contributed by atoms with Crippen LogP contribution in [0.5, 0.6) is 5.75 Å². The summed E-state index contributed by atoms with van der Waals surface area (Å²) in [7, 11) is 0. The van der Waals surface area contributed by atoms with E-state index in [2.05, 4.69) is 26.1 Å². The van der Waals surface area contributed by atoms with Crippen LogP contribution in [0, 0.1) is 0 Å². The van der Waals surface area contributed by atoms with Crippen molar-refractivity contribution in [2.75, 3.05) is 0 Å². The first-order chi connectivity index (χ1) is 11.2. The second-order valence-electron chi connectivity index (χ2n) is 5.19. The van der Waals surface area contributed by atoms with Gasteiger partial charge in [-0.25, -0.2) is 0 Å². The topological polar surface area (TPSA) is 50.9 Å². The Morgan fingerprint density at radius 3 is 2.35 bits per heavy atom. The smallest absolute Gasteiger partial charge is 0.123 e. The molecule has 0 radical (unpaired) electrons. The third-order valence-corrected chi connectivity index (χ3v) is 4.15. The molecule has 0 amide bonds. The number of aromatic nitrogens is 3. The first-order valence-electron chi connectivity index (χ1n) is 7.12. The van der Waals surface area contributed by atoms with Crippen LogP contribution < -0.4 is 0 Å². The van der Waals surface area contributed by atoms with E-state index in [0.717, 1.165) is 32.3 Å². The molecule has 0 fully saturated rings. The Morgan fingerprint density at radius 2 is 1.57 bits per heavy atom. The Hall–Kier alpha value is -2.66. The third kappa shape index (κ3) is 2.59. The van der Waals surface area contributed by atoms with Crippen molar-refractivity contribution in [3.8, 4) is 22.6 Å². The number of aromatic hydroxyl groups is 1. The number of hydrogen-bond acceptors (Lipinski definition) is 3. The first kappa shape index (κ1) is 14.0. The van der Waals surface area contributed by atoms with Crippen molar-refractivity contribution in [2.45, 2.75) is 0 Å². The molecule has 4 nitrogen and oxygen atoms in total. The van der Waals surface area contributed by atoms with E-state index in [1.54, 1.807) is 10.9 Å². The van der Waals surface area contributed by atoms with Gasteiger partial charge in [-0.1, -0.05) is 46.3 Å². The van der Waals surface area contributed by atoms with Crippen molar-refractivity contribution in [1.29, 1.82) is 0 Å². The Bertz CT molecular complexity index is 993. The average Bonchev–Trinajstić information content (AvgIpc) is 2.98. The molecular formula is C18H12BrN3O. The summed E-state index contributed by atoms with van der Waals surface area (Å²) in [5, 5.41) is 18.9. The van der Waals surface area contributed by atoms with Crippen LogP contribution in [-0.4, -0.2) is 20.1 Å². The molecule has 0 saturated carbocycles. The van der Waals surface area contributed by atoms with E-state index < -0.39 is 0 Å². The molecule has 1 heterocycles. The fourth-order valence-electron chi connectivity index (χ4n) is 2.50. The summed E-state index contributed by atoms with van der Waals surface area (Å²) < 4.78 is 0.979. The summed E-state index contributed by atoms with van der Waals surface area (Å²) in [5.41, 5.74) is 4.31. The van der Waals surface area contributed by atoms with Crippen LogP contribution in [0.2, 0.25) is 0 Å². The van der Waals surface area contributed by atoms with Gasteiger partial charge in [0.05, 0.1) is 5.69 Å². The van der Waals surface area contributed by atoms with Gasteiger partial charge in [-0.3, -0.25) is 0 Å². The van der Waals surface area contributed by atoms with Gasteiger partial charge >= 0.3 is 0 Å². The molecule has 0 aliphatic heterocycles. The second kappa shape index (κ2) is 5.52. The summed E-state index contributed by atoms with van der Waals surface area (Å²) in [6, 6.07) is 20.9. The van der Waals surface area contributed by atoms with Gasteiger partial charge in [-0.2, -0.15) is 4.80 Å². The Labute approximate surface area is 141 Å². The molecule has 0 unspecified atom stereocenters. The Morgan fingerprint density at radius 1 is 0.826 bits per heavy atom. The van der Waals surface area contributed by atoms with Gasteiger partial charge in [-0.05, 0) is 42.0 Å². The van der Waals surface area contributed by atoms with Crippen LogP contribution in [0.25, 0.3) is 27.8 Å². The first-order valence-corrected chi connectivity index (χ1v) is 7.91. The molecule has 3 aromatic carbocycles. The molecule has 112 valence electrons. The van der Waals surface area contributed by atoms with Gasteiger partial charge in [0.25, 0.3) is 0 Å². The number of para-hydroxylation sites is 1. The fraction of sp³-hybridized carbons (Fsp3) is 0. The van der Waals surface area contributed by atoms with Gasteiger partial charge in [-0.15, -0.1) is 10.2 Å². The zero-order valence-electron chi connectivity index (χ0n) is 12.0. The highest BCUT2D eigenvalue weighted by Crippen LogP contribution is 2.29. The molecule has 4 aromatic rings. The normalized spacial score (nSPS) is 11.0. The quantitative estimate of drug-likeness (QED) is 0.566. The molecule has 0 spiro atoms. The minimum absolute atomic E-state index is 0.271. The van der Waals surface area contributed by atoms with Crippen LogP contribution in [0.1, 0.15) is 0 Å². The van der Waals surface area contributed by atoms with Crippen molar-refractivity contribution >= 4 is 27.0 Å². The van der Waals surface area contributed by atoms with Crippen LogP contribution in [0.4, 0.5) is 0 Å². The van der Waals surface area contributed by atoms with E-state index in [4.69, 9.17) is 0 Å². The van der Waals surface area contributed by atoms with Crippen molar-refractivity contribution in [1.82, 2.24) is 15.0 Å². The van der Waals surface area contributed by atoms with Crippen molar-refractivity contribution in [2.24, 2.45) is 0 Å². The maximum absolute atomic E-state index is 9.94. The standard InChI is InChI=1S/C18H12BrN3O/c19-13-7-10-16-17(11-13)21-22(20-16)14-8-5-12(6-9-14)15-3-1-2-4-18(15)23/h1-11,23H. The van der Waals surface area contributed by atoms with Gasteiger partial charge in [0.15, 0.2) is 0 Å². The molecule has 0 bridgehead atoms. The molecule has 0 aliphatic carbocycles. The summed E-state index contributed by atoms with van der Waals surface area (Å²) in [5.74, 6) is 0.271. The average molecular weight is 366 g/mol. The lowest BCUT2D eigenvalue weighted by atomic mass is 10.0. The number of rotatable bonds is 2. The highest BCUT2D eigenvalue weighted by Gasteiger charge is 2.07. The van der Waals surface area contributed by atoms with Gasteiger partial charge in [0, 0.05) is 10.0 Å². The number of benzene rings is 3. The number of hydrogen-bond donors (Lipinski definition) is 1. The number of nitrogens with zero attached hydrogens (tertiary/aromatic N) is 3. The number of phenols is 1. The zero-order valence-corrected chi connectivity index (χ0v) is 13.6. The lowest BCUT2D eigenvalue weighted by Crippen LogP contribution is -1.97. The second-order valence-corrected chi connectivity index (χ2v) is 6.10. The fourth-order valence-corrected chi connectivity index (χ4v) is 2.84. The Balaban J connectivity index is 1.73. The molecule has 0 saturated heterocycles. The van der Waals surface area contributed by atoms with Gasteiger partial charge in [0.2, 0.25) is 0 Å². The minimum atomic E-state index is 0.271. The molecule has 1 aromatic heterocycles. The summed E-state index contributed by atoms with van der Waals surface area (Å²) >= 11 is 3.44. The summed E-state index contributed by atoms with van der Waals surface area (Å²) in [6.07, 6.45) is 0. The molecule has 5 heteroatoms. The van der Waals surface area contributed by atoms with Crippen LogP contribution in [0.15, 0.2) is 71.2 Å². The maximum atomic E-state index is 9.94. The van der Waals surface area contributed by atoms with E-state index in [0.29, 0.717) is 0 Å². The molecule has 23 heavy (non-hydrogen) atoms. The van der Waals surface area contributed by atoms with E-state index >= 15 is 0 Å². The van der Waals surface area contributed by atoms with Crippen molar-refractivity contribution in [3.05, 3.63) is 71.2 Å². The van der Waals surface area contributed by atoms with Crippen LogP contribution >= 0.6 is 15.9 Å². The van der Waals surface area contributed by atoms with Gasteiger partial charge in [0.1, 0.15) is 16.8 Å². The van der Waals surface area contributed by atoms with E-state index in [1.165, 1.54) is 0 Å². The summed E-state index contributed by atoms with van der Waals surface area (Å²) in [6.45, 7) is 0. The predicted octanol–water partition coefficient (Wildman–Crippen LogP) is 4.56. The molecule has 1 N–H and O–H groups in total. The Kier molecular flexibility index (Phi) is 3.35. The maximum Gasteiger partial charge on any atom is 0.123 e. The lowest BCUT2D eigenvalue weighted by molar-refractivity contribution is 0.477. The van der Waals surface area contributed by atoms with E-state index in [9.17, 15) is 5.11 Å². The zero-order chi connectivity index (χ0) is 15.8. The van der Waals surface area contributed by atoms with Crippen LogP contribution in [-0.2, 0) is 0 Å². The lowest BCUT2D eigenvalue weighted by Gasteiger charge is -2.05. The largest absolute Gasteiger partial charge is 0.507 e.